The predicted molar refractivity (Wildman–Crippen MR) is 52.0 cm³/mol. The van der Waals surface area contributed by atoms with Crippen LogP contribution in [0.15, 0.2) is 12.3 Å². The fourth-order valence-corrected chi connectivity index (χ4v) is 1.05. The van der Waals surface area contributed by atoms with Gasteiger partial charge in [-0.15, -0.1) is 0 Å². The zero-order chi connectivity index (χ0) is 10.0. The zero-order valence-electron chi connectivity index (χ0n) is 7.84. The van der Waals surface area contributed by atoms with E-state index in [4.69, 9.17) is 11.6 Å². The SMILES string of the molecule is Cc1ncc(C(=O)N(C)C)cc1Cl. The molecule has 1 amide bonds. The standard InChI is InChI=1S/C9H11ClN2O/c1-6-8(10)4-7(5-11-6)9(13)12(2)3/h4-5H,1-3H3. The third-order valence-electron chi connectivity index (χ3n) is 1.68. The molecule has 1 heterocycles. The summed E-state index contributed by atoms with van der Waals surface area (Å²) in [5.74, 6) is -0.0885. The van der Waals surface area contributed by atoms with Gasteiger partial charge in [0, 0.05) is 20.3 Å². The first-order chi connectivity index (χ1) is 6.02. The minimum absolute atomic E-state index is 0.0885. The van der Waals surface area contributed by atoms with E-state index in [1.807, 2.05) is 0 Å². The summed E-state index contributed by atoms with van der Waals surface area (Å²) >= 11 is 5.83. The minimum Gasteiger partial charge on any atom is -0.345 e. The van der Waals surface area contributed by atoms with Gasteiger partial charge < -0.3 is 4.90 Å². The molecule has 3 nitrogen and oxygen atoms in total. The molecule has 0 aliphatic heterocycles. The summed E-state index contributed by atoms with van der Waals surface area (Å²) < 4.78 is 0. The Balaban J connectivity index is 3.04. The van der Waals surface area contributed by atoms with Crippen LogP contribution in [-0.4, -0.2) is 29.9 Å². The molecule has 4 heteroatoms. The Bertz CT molecular complexity index is 336. The molecule has 0 saturated heterocycles. The summed E-state index contributed by atoms with van der Waals surface area (Å²) in [6.45, 7) is 1.80. The molecule has 1 aromatic rings. The normalized spacial score (nSPS) is 9.85. The molecular weight excluding hydrogens is 188 g/mol. The lowest BCUT2D eigenvalue weighted by Crippen LogP contribution is -2.21. The molecule has 0 aliphatic rings. The quantitative estimate of drug-likeness (QED) is 0.689. The molecule has 70 valence electrons. The van der Waals surface area contributed by atoms with Crippen molar-refractivity contribution in [2.45, 2.75) is 6.92 Å². The fraction of sp³-hybridized carbons (Fsp3) is 0.333. The highest BCUT2D eigenvalue weighted by Gasteiger charge is 2.09. The molecular formula is C9H11ClN2O. The monoisotopic (exact) mass is 198 g/mol. The Hall–Kier alpha value is -1.09. The van der Waals surface area contributed by atoms with Crippen molar-refractivity contribution in [3.8, 4) is 0 Å². The van der Waals surface area contributed by atoms with Gasteiger partial charge in [0.25, 0.3) is 5.91 Å². The van der Waals surface area contributed by atoms with E-state index in [1.165, 1.54) is 11.1 Å². The third kappa shape index (κ3) is 2.18. The van der Waals surface area contributed by atoms with Crippen LogP contribution in [-0.2, 0) is 0 Å². The zero-order valence-corrected chi connectivity index (χ0v) is 8.59. The average Bonchev–Trinajstić information content (AvgIpc) is 2.08. The molecule has 0 radical (unpaired) electrons. The van der Waals surface area contributed by atoms with Crippen molar-refractivity contribution in [1.82, 2.24) is 9.88 Å². The van der Waals surface area contributed by atoms with E-state index in [0.29, 0.717) is 10.6 Å². The van der Waals surface area contributed by atoms with Gasteiger partial charge in [-0.2, -0.15) is 0 Å². The lowest BCUT2D eigenvalue weighted by atomic mass is 10.2. The molecule has 0 N–H and O–H groups in total. The summed E-state index contributed by atoms with van der Waals surface area (Å²) in [5.41, 5.74) is 1.25. The van der Waals surface area contributed by atoms with Gasteiger partial charge in [0.2, 0.25) is 0 Å². The topological polar surface area (TPSA) is 33.2 Å². The number of carbonyl (C=O) groups is 1. The molecule has 0 fully saturated rings. The van der Waals surface area contributed by atoms with Crippen molar-refractivity contribution < 1.29 is 4.79 Å². The summed E-state index contributed by atoms with van der Waals surface area (Å²) in [5, 5.41) is 0.521. The molecule has 0 unspecified atom stereocenters. The Labute approximate surface area is 82.3 Å². The van der Waals surface area contributed by atoms with E-state index >= 15 is 0 Å². The number of hydrogen-bond acceptors (Lipinski definition) is 2. The van der Waals surface area contributed by atoms with Gasteiger partial charge in [-0.3, -0.25) is 9.78 Å². The highest BCUT2D eigenvalue weighted by molar-refractivity contribution is 6.31. The number of rotatable bonds is 1. The summed E-state index contributed by atoms with van der Waals surface area (Å²) in [6, 6.07) is 1.63. The van der Waals surface area contributed by atoms with E-state index in [-0.39, 0.29) is 5.91 Å². The van der Waals surface area contributed by atoms with Crippen LogP contribution in [0, 0.1) is 6.92 Å². The maximum atomic E-state index is 11.4. The minimum atomic E-state index is -0.0885. The highest BCUT2D eigenvalue weighted by atomic mass is 35.5. The molecule has 0 atom stereocenters. The largest absolute Gasteiger partial charge is 0.345 e. The van der Waals surface area contributed by atoms with Crippen LogP contribution in [0.4, 0.5) is 0 Å². The number of aryl methyl sites for hydroxylation is 1. The van der Waals surface area contributed by atoms with Crippen molar-refractivity contribution in [3.63, 3.8) is 0 Å². The number of pyridine rings is 1. The summed E-state index contributed by atoms with van der Waals surface area (Å²) in [7, 11) is 3.38. The molecule has 13 heavy (non-hydrogen) atoms. The van der Waals surface area contributed by atoms with Crippen molar-refractivity contribution >= 4 is 17.5 Å². The van der Waals surface area contributed by atoms with E-state index in [1.54, 1.807) is 27.1 Å². The molecule has 0 aliphatic carbocycles. The Morgan fingerprint density at radius 1 is 1.54 bits per heavy atom. The van der Waals surface area contributed by atoms with E-state index < -0.39 is 0 Å². The van der Waals surface area contributed by atoms with Crippen molar-refractivity contribution in [3.05, 3.63) is 28.5 Å². The van der Waals surface area contributed by atoms with Crippen LogP contribution in [0.2, 0.25) is 5.02 Å². The van der Waals surface area contributed by atoms with Gasteiger partial charge in [-0.1, -0.05) is 11.6 Å². The molecule has 0 spiro atoms. The Morgan fingerprint density at radius 2 is 2.15 bits per heavy atom. The van der Waals surface area contributed by atoms with E-state index in [2.05, 4.69) is 4.98 Å². The van der Waals surface area contributed by atoms with Crippen LogP contribution < -0.4 is 0 Å². The highest BCUT2D eigenvalue weighted by Crippen LogP contribution is 2.14. The first kappa shape index (κ1) is 9.99. The predicted octanol–water partition coefficient (Wildman–Crippen LogP) is 1.75. The lowest BCUT2D eigenvalue weighted by Gasteiger charge is -2.10. The molecule has 0 bridgehead atoms. The van der Waals surface area contributed by atoms with Gasteiger partial charge in [-0.25, -0.2) is 0 Å². The first-order valence-corrected chi connectivity index (χ1v) is 4.24. The van der Waals surface area contributed by atoms with Gasteiger partial charge in [-0.05, 0) is 13.0 Å². The molecule has 0 aromatic carbocycles. The van der Waals surface area contributed by atoms with Gasteiger partial charge in [0.05, 0.1) is 16.3 Å². The van der Waals surface area contributed by atoms with Crippen molar-refractivity contribution in [2.24, 2.45) is 0 Å². The molecule has 1 rings (SSSR count). The van der Waals surface area contributed by atoms with Gasteiger partial charge >= 0.3 is 0 Å². The smallest absolute Gasteiger partial charge is 0.254 e. The van der Waals surface area contributed by atoms with Crippen LogP contribution in [0.1, 0.15) is 16.1 Å². The van der Waals surface area contributed by atoms with Crippen molar-refractivity contribution in [1.29, 1.82) is 0 Å². The maximum absolute atomic E-state index is 11.4. The number of halogens is 1. The second kappa shape index (κ2) is 3.75. The third-order valence-corrected chi connectivity index (χ3v) is 2.06. The first-order valence-electron chi connectivity index (χ1n) is 3.86. The maximum Gasteiger partial charge on any atom is 0.254 e. The van der Waals surface area contributed by atoms with Gasteiger partial charge in [0.1, 0.15) is 0 Å². The number of aromatic nitrogens is 1. The van der Waals surface area contributed by atoms with Gasteiger partial charge in [0.15, 0.2) is 0 Å². The van der Waals surface area contributed by atoms with Crippen LogP contribution >= 0.6 is 11.6 Å². The number of carbonyl (C=O) groups excluding carboxylic acids is 1. The van der Waals surface area contributed by atoms with E-state index in [9.17, 15) is 4.79 Å². The summed E-state index contributed by atoms with van der Waals surface area (Å²) in [6.07, 6.45) is 1.53. The second-order valence-electron chi connectivity index (χ2n) is 2.99. The van der Waals surface area contributed by atoms with Crippen LogP contribution in [0.5, 0.6) is 0 Å². The van der Waals surface area contributed by atoms with Crippen LogP contribution in [0.25, 0.3) is 0 Å². The Morgan fingerprint density at radius 3 is 2.62 bits per heavy atom. The Kier molecular flexibility index (Phi) is 2.88. The van der Waals surface area contributed by atoms with E-state index in [0.717, 1.165) is 5.69 Å². The summed E-state index contributed by atoms with van der Waals surface area (Å²) in [4.78, 5) is 16.9. The number of amides is 1. The number of hydrogen-bond donors (Lipinski definition) is 0. The van der Waals surface area contributed by atoms with Crippen LogP contribution in [0.3, 0.4) is 0 Å². The molecule has 1 aromatic heterocycles. The second-order valence-corrected chi connectivity index (χ2v) is 3.40. The van der Waals surface area contributed by atoms with Crippen molar-refractivity contribution in [2.75, 3.05) is 14.1 Å². The number of nitrogens with zero attached hydrogens (tertiary/aromatic N) is 2. The lowest BCUT2D eigenvalue weighted by molar-refractivity contribution is 0.0827. The fourth-order valence-electron chi connectivity index (χ4n) is 0.881. The molecule has 0 saturated carbocycles. The average molecular weight is 199 g/mol.